The average molecular weight is 759 g/mol. The van der Waals surface area contributed by atoms with Crippen LogP contribution in [-0.4, -0.2) is 89.9 Å². The number of alkyl carbamates (subject to hydrolysis) is 1. The summed E-state index contributed by atoms with van der Waals surface area (Å²) in [6, 6.07) is 17.0. The van der Waals surface area contributed by atoms with E-state index < -0.39 is 18.2 Å². The van der Waals surface area contributed by atoms with E-state index in [0.29, 0.717) is 19.0 Å². The molecule has 14 nitrogen and oxygen atoms in total. The molecule has 5 aromatic rings. The Hall–Kier alpha value is -6.05. The molecule has 5 heterocycles. The Morgan fingerprint density at radius 1 is 0.679 bits per heavy atom. The van der Waals surface area contributed by atoms with E-state index in [9.17, 15) is 14.4 Å². The third kappa shape index (κ3) is 8.14. The van der Waals surface area contributed by atoms with Crippen LogP contribution in [-0.2, 0) is 14.3 Å². The van der Waals surface area contributed by atoms with Crippen molar-refractivity contribution in [2.24, 2.45) is 11.8 Å². The summed E-state index contributed by atoms with van der Waals surface area (Å²) in [5, 5.41) is 5.94. The first-order valence-corrected chi connectivity index (χ1v) is 19.4. The third-order valence-electron chi connectivity index (χ3n) is 10.8. The lowest BCUT2D eigenvalue weighted by Crippen LogP contribution is -2.51. The topological polar surface area (TPSA) is 174 Å². The molecule has 0 bridgehead atoms. The zero-order chi connectivity index (χ0) is 39.3. The number of hydrogen-bond acceptors (Lipinski definition) is 9. The van der Waals surface area contributed by atoms with Crippen LogP contribution in [0.4, 0.5) is 10.7 Å². The first-order valence-electron chi connectivity index (χ1n) is 19.4. The van der Waals surface area contributed by atoms with Gasteiger partial charge in [-0.1, -0.05) is 76.2 Å². The van der Waals surface area contributed by atoms with Gasteiger partial charge in [-0.3, -0.25) is 9.59 Å². The predicted molar refractivity (Wildman–Crippen MR) is 213 cm³/mol. The average Bonchev–Trinajstić information content (AvgIpc) is 4.06. The molecule has 2 aliphatic heterocycles. The molecule has 7 rings (SSSR count). The molecule has 2 aromatic carbocycles. The molecule has 0 aliphatic carbocycles. The van der Waals surface area contributed by atoms with Crippen LogP contribution in [0.1, 0.15) is 77.1 Å². The summed E-state index contributed by atoms with van der Waals surface area (Å²) in [5.74, 6) is 1.79. The van der Waals surface area contributed by atoms with Crippen molar-refractivity contribution in [1.29, 1.82) is 0 Å². The van der Waals surface area contributed by atoms with E-state index in [1.54, 1.807) is 18.5 Å². The summed E-state index contributed by atoms with van der Waals surface area (Å²) in [6.07, 6.45) is 9.75. The van der Waals surface area contributed by atoms with Crippen LogP contribution in [0.2, 0.25) is 0 Å². The zero-order valence-electron chi connectivity index (χ0n) is 32.5. The summed E-state index contributed by atoms with van der Waals surface area (Å²) in [5.41, 5.74) is 5.91. The fourth-order valence-corrected chi connectivity index (χ4v) is 7.70. The normalized spacial score (nSPS) is 18.0. The molecular weight excluding hydrogens is 709 g/mol. The Morgan fingerprint density at radius 2 is 1.12 bits per heavy atom. The minimum Gasteiger partial charge on any atom is -0.453 e. The van der Waals surface area contributed by atoms with Crippen molar-refractivity contribution in [2.75, 3.05) is 25.5 Å². The van der Waals surface area contributed by atoms with Gasteiger partial charge in [-0.05, 0) is 65.8 Å². The number of benzene rings is 2. The number of imidazole rings is 2. The molecular formula is C42H50N10O4. The minimum atomic E-state index is -0.682. The predicted octanol–water partition coefficient (Wildman–Crippen LogP) is 6.77. The van der Waals surface area contributed by atoms with Crippen LogP contribution in [0.5, 0.6) is 0 Å². The number of rotatable bonds is 12. The number of hydrogen-bond donors (Lipinski definition) is 4. The lowest BCUT2D eigenvalue weighted by molar-refractivity contribution is -0.135. The van der Waals surface area contributed by atoms with E-state index in [-0.39, 0.29) is 35.7 Å². The quantitative estimate of drug-likeness (QED) is 0.107. The lowest BCUT2D eigenvalue weighted by Gasteiger charge is -2.30. The molecule has 0 spiro atoms. The van der Waals surface area contributed by atoms with Crippen LogP contribution < -0.4 is 10.6 Å². The fraction of sp³-hybridized carbons (Fsp3) is 0.405. The van der Waals surface area contributed by atoms with E-state index in [0.717, 1.165) is 71.0 Å². The van der Waals surface area contributed by atoms with E-state index >= 15 is 0 Å². The van der Waals surface area contributed by atoms with Crippen LogP contribution in [0, 0.1) is 11.8 Å². The van der Waals surface area contributed by atoms with Crippen molar-refractivity contribution in [2.45, 2.75) is 77.5 Å². The number of carbonyl (C=O) groups excluding carboxylic acids is 3. The van der Waals surface area contributed by atoms with Gasteiger partial charge in [0.2, 0.25) is 17.8 Å². The Balaban J connectivity index is 0.997. The van der Waals surface area contributed by atoms with Gasteiger partial charge >= 0.3 is 6.09 Å². The van der Waals surface area contributed by atoms with E-state index in [1.165, 1.54) is 7.11 Å². The van der Waals surface area contributed by atoms with Crippen molar-refractivity contribution in [3.63, 3.8) is 0 Å². The summed E-state index contributed by atoms with van der Waals surface area (Å²) >= 11 is 0. The van der Waals surface area contributed by atoms with Crippen LogP contribution in [0.3, 0.4) is 0 Å². The highest BCUT2D eigenvalue weighted by Gasteiger charge is 2.38. The minimum absolute atomic E-state index is 0.0230. The molecule has 3 aromatic heterocycles. The molecule has 2 fully saturated rings. The summed E-state index contributed by atoms with van der Waals surface area (Å²) in [4.78, 5) is 68.0. The maximum absolute atomic E-state index is 13.8. The molecule has 2 saturated heterocycles. The number of amides is 3. The van der Waals surface area contributed by atoms with Gasteiger partial charge < -0.3 is 35.1 Å². The number of H-pyrrole nitrogens is 2. The number of methoxy groups -OCH3 is 1. The number of nitrogens with one attached hydrogen (secondary N) is 4. The van der Waals surface area contributed by atoms with Crippen molar-refractivity contribution < 1.29 is 19.1 Å². The van der Waals surface area contributed by atoms with Gasteiger partial charge in [0, 0.05) is 25.5 Å². The SMILES string of the molecule is COC(=O)NC(C(=O)N1CCC[C@H]1c1ncc(-c2ccc(-c3ccc(-c4cnc([C@@H]5CCCN5C(=O)[C@H](Nc5ncccn5)C(C)C)[nH]4)cc3)cc2)[nH]1)C(C)C. The lowest BCUT2D eigenvalue weighted by atomic mass is 10.0. The van der Waals surface area contributed by atoms with Gasteiger partial charge in [0.25, 0.3) is 0 Å². The van der Waals surface area contributed by atoms with Crippen molar-refractivity contribution in [3.8, 4) is 33.6 Å². The Kier molecular flexibility index (Phi) is 11.4. The smallest absolute Gasteiger partial charge is 0.407 e. The monoisotopic (exact) mass is 758 g/mol. The number of carbonyl (C=O) groups is 3. The van der Waals surface area contributed by atoms with Gasteiger partial charge in [-0.25, -0.2) is 24.7 Å². The second-order valence-electron chi connectivity index (χ2n) is 15.2. The van der Waals surface area contributed by atoms with E-state index in [4.69, 9.17) is 9.72 Å². The molecule has 3 amide bonds. The van der Waals surface area contributed by atoms with Gasteiger partial charge in [-0.15, -0.1) is 0 Å². The van der Waals surface area contributed by atoms with Gasteiger partial charge in [0.1, 0.15) is 23.7 Å². The molecule has 4 N–H and O–H groups in total. The largest absolute Gasteiger partial charge is 0.453 e. The number of likely N-dealkylation sites (tertiary alicyclic amines) is 2. The Morgan fingerprint density at radius 3 is 1.57 bits per heavy atom. The first-order chi connectivity index (χ1) is 27.1. The standard InChI is InChI=1S/C42H50N10O4/c1-25(2)35(49-41-43-19-8-20-44-41)39(53)51-21-6-9-33(51)37-45-23-31(47-37)29-15-11-27(12-16-29)28-13-17-30(18-14-28)32-24-46-38(48-32)34-10-7-22-52(34)40(54)36(26(3)4)50-42(55)56-5/h8,11-20,23-26,33-36H,6-7,9-10,21-22H2,1-5H3,(H,45,47)(H,46,48)(H,50,55)(H,43,44,49)/t33-,34-,35+,36?/m0/s1. The number of aromatic amines is 2. The second kappa shape index (κ2) is 16.8. The summed E-state index contributed by atoms with van der Waals surface area (Å²) in [7, 11) is 1.29. The summed E-state index contributed by atoms with van der Waals surface area (Å²) < 4.78 is 4.76. The maximum atomic E-state index is 13.8. The van der Waals surface area contributed by atoms with Crippen LogP contribution >= 0.6 is 0 Å². The molecule has 2 aliphatic rings. The van der Waals surface area contributed by atoms with Gasteiger partial charge in [0.05, 0.1) is 43.0 Å². The second-order valence-corrected chi connectivity index (χ2v) is 15.2. The molecule has 14 heteroatoms. The number of ether oxygens (including phenoxy) is 1. The van der Waals surface area contributed by atoms with Crippen molar-refractivity contribution in [3.05, 3.63) is 91.0 Å². The van der Waals surface area contributed by atoms with E-state index in [2.05, 4.69) is 84.1 Å². The number of nitrogens with zero attached hydrogens (tertiary/aromatic N) is 6. The van der Waals surface area contributed by atoms with Gasteiger partial charge in [0.15, 0.2) is 0 Å². The van der Waals surface area contributed by atoms with Crippen molar-refractivity contribution in [1.82, 2.24) is 45.0 Å². The molecule has 292 valence electrons. The molecule has 0 saturated carbocycles. The van der Waals surface area contributed by atoms with E-state index in [1.807, 2.05) is 49.9 Å². The molecule has 56 heavy (non-hydrogen) atoms. The first kappa shape index (κ1) is 38.2. The molecule has 4 atom stereocenters. The highest BCUT2D eigenvalue weighted by Crippen LogP contribution is 2.35. The van der Waals surface area contributed by atoms with Crippen LogP contribution in [0.15, 0.2) is 79.4 Å². The number of aromatic nitrogens is 6. The van der Waals surface area contributed by atoms with Gasteiger partial charge in [-0.2, -0.15) is 0 Å². The summed E-state index contributed by atoms with van der Waals surface area (Å²) in [6.45, 7) is 9.13. The zero-order valence-corrected chi connectivity index (χ0v) is 32.5. The third-order valence-corrected chi connectivity index (χ3v) is 10.8. The highest BCUT2D eigenvalue weighted by atomic mass is 16.5. The molecule has 0 radical (unpaired) electrons. The number of anilines is 1. The van der Waals surface area contributed by atoms with Crippen molar-refractivity contribution >= 4 is 23.9 Å². The Bertz CT molecular complexity index is 2110. The maximum Gasteiger partial charge on any atom is 0.407 e. The Labute approximate surface area is 326 Å². The van der Waals surface area contributed by atoms with Crippen LogP contribution in [0.25, 0.3) is 33.6 Å². The molecule has 1 unspecified atom stereocenters. The fourth-order valence-electron chi connectivity index (χ4n) is 7.70. The highest BCUT2D eigenvalue weighted by molar-refractivity contribution is 5.87.